The summed E-state index contributed by atoms with van der Waals surface area (Å²) in [6.07, 6.45) is 4.73. The Bertz CT molecular complexity index is 5720. The van der Waals surface area contributed by atoms with Crippen molar-refractivity contribution in [1.29, 1.82) is 0 Å². The lowest BCUT2D eigenvalue weighted by Crippen LogP contribution is -2.24. The highest BCUT2D eigenvalue weighted by Crippen LogP contribution is 2.59. The molecule has 0 fully saturated rings. The Morgan fingerprint density at radius 2 is 0.578 bits per heavy atom. The predicted octanol–water partition coefficient (Wildman–Crippen LogP) is 29.3. The number of anilines is 3. The van der Waals surface area contributed by atoms with E-state index in [9.17, 15) is 9.59 Å². The molecule has 0 bridgehead atoms. The summed E-state index contributed by atoms with van der Waals surface area (Å²) in [5.74, 6) is 3.31. The molecule has 8 heteroatoms. The Labute approximate surface area is 643 Å². The van der Waals surface area contributed by atoms with Crippen LogP contribution in [0.25, 0.3) is 75.4 Å². The van der Waals surface area contributed by atoms with Crippen LogP contribution < -0.4 is 23.8 Å². The van der Waals surface area contributed by atoms with Gasteiger partial charge in [-0.1, -0.05) is 248 Å². The number of carbonyl (C=O) groups is 2. The fraction of sp³-hybridized carbons (Fsp3) is 0.327. The number of cyclic esters (lactones) is 2. The molecule has 554 valence electrons. The van der Waals surface area contributed by atoms with Gasteiger partial charge in [0, 0.05) is 67.0 Å². The van der Waals surface area contributed by atoms with Crippen LogP contribution in [-0.2, 0) is 32.8 Å². The zero-order valence-electron chi connectivity index (χ0n) is 67.4. The molecule has 14 aromatic rings. The maximum Gasteiger partial charge on any atom is 0.346 e. The standard InChI is InChI=1S/C101H103NO7/c1-94(2,3)55-98(13,14)61-29-37-65(38-30-61)105-79-50-49-69-78(102-76-27-23-21-25-59(76)51-60-26-22-24-28-77(60)102)54-82(108-68-43-35-64(36-44-68)101(19,20)58-97(10,11)12)87-71-46-48-73-84-72(47-45-70(83(71)84)86(79)90(69)87)88-80(106-66-39-31-62(32-40-66)99(15,16)56-95(4,5)6)52-74-85-75(93(104)109-92(74)103)53-81(89(73)91(85)88)107-67-41-33-63(34-42-67)100(17,18)57-96(7,8)9/h21-50,52-54H,51,55-58H2,1-20H3. The van der Waals surface area contributed by atoms with Crippen molar-refractivity contribution in [3.63, 3.8) is 0 Å². The van der Waals surface area contributed by atoms with Gasteiger partial charge in [0.15, 0.2) is 0 Å². The van der Waals surface area contributed by atoms with E-state index >= 15 is 0 Å². The zero-order chi connectivity index (χ0) is 77.2. The molecule has 16 rings (SSSR count). The van der Waals surface area contributed by atoms with Gasteiger partial charge in [-0.15, -0.1) is 0 Å². The van der Waals surface area contributed by atoms with E-state index in [0.717, 1.165) is 103 Å². The average molecular weight is 1440 g/mol. The molecular formula is C101H103NO7. The minimum atomic E-state index is -0.746. The largest absolute Gasteiger partial charge is 0.457 e. The average Bonchev–Trinajstić information content (AvgIpc) is 0.674. The summed E-state index contributed by atoms with van der Waals surface area (Å²) in [5, 5.41) is 11.9. The molecule has 0 spiro atoms. The molecule has 0 aromatic heterocycles. The van der Waals surface area contributed by atoms with E-state index in [1.807, 2.05) is 24.3 Å². The normalized spacial score (nSPS) is 14.1. The van der Waals surface area contributed by atoms with Crippen LogP contribution in [-0.4, -0.2) is 11.9 Å². The van der Waals surface area contributed by atoms with Crippen LogP contribution in [0.3, 0.4) is 0 Å². The molecule has 14 aromatic carbocycles. The van der Waals surface area contributed by atoms with Crippen molar-refractivity contribution in [3.05, 3.63) is 245 Å². The van der Waals surface area contributed by atoms with Gasteiger partial charge in [-0.3, -0.25) is 0 Å². The van der Waals surface area contributed by atoms with Crippen LogP contribution in [0.1, 0.15) is 218 Å². The number of hydrogen-bond donors (Lipinski definition) is 0. The molecule has 0 N–H and O–H groups in total. The number of para-hydroxylation sites is 2. The third-order valence-corrected chi connectivity index (χ3v) is 22.8. The third kappa shape index (κ3) is 13.3. The van der Waals surface area contributed by atoms with E-state index in [0.29, 0.717) is 67.5 Å². The second kappa shape index (κ2) is 25.6. The van der Waals surface area contributed by atoms with Crippen molar-refractivity contribution in [3.8, 4) is 46.0 Å². The molecule has 0 saturated heterocycles. The first-order chi connectivity index (χ1) is 51.3. The number of nitrogens with zero attached hydrogens (tertiary/aromatic N) is 1. The molecule has 2 heterocycles. The van der Waals surface area contributed by atoms with Gasteiger partial charge in [-0.25, -0.2) is 9.59 Å². The quantitative estimate of drug-likeness (QED) is 0.0386. The molecule has 0 aliphatic carbocycles. The second-order valence-electron chi connectivity index (χ2n) is 39.0. The summed E-state index contributed by atoms with van der Waals surface area (Å²) in [5.41, 5.74) is 10.9. The minimum absolute atomic E-state index is 0.0892. The lowest BCUT2D eigenvalue weighted by atomic mass is 9.72. The molecule has 0 atom stereocenters. The van der Waals surface area contributed by atoms with E-state index in [1.54, 1.807) is 12.1 Å². The number of fused-ring (bicyclic) bond motifs is 6. The van der Waals surface area contributed by atoms with Crippen molar-refractivity contribution < 1.29 is 33.3 Å². The lowest BCUT2D eigenvalue weighted by molar-refractivity contribution is 0.0390. The fourth-order valence-electron chi connectivity index (χ4n) is 19.9. The number of ether oxygens (including phenoxy) is 5. The van der Waals surface area contributed by atoms with Gasteiger partial charge >= 0.3 is 11.9 Å². The topological polar surface area (TPSA) is 83.5 Å². The first-order valence-electron chi connectivity index (χ1n) is 39.1. The third-order valence-electron chi connectivity index (χ3n) is 22.8. The van der Waals surface area contributed by atoms with Crippen molar-refractivity contribution in [2.24, 2.45) is 21.7 Å². The smallest absolute Gasteiger partial charge is 0.346 e. The van der Waals surface area contributed by atoms with Crippen molar-refractivity contribution in [1.82, 2.24) is 0 Å². The number of hydrogen-bond acceptors (Lipinski definition) is 8. The van der Waals surface area contributed by atoms with Crippen LogP contribution >= 0.6 is 0 Å². The molecule has 0 unspecified atom stereocenters. The minimum Gasteiger partial charge on any atom is -0.457 e. The zero-order valence-corrected chi connectivity index (χ0v) is 67.4. The van der Waals surface area contributed by atoms with Crippen molar-refractivity contribution >= 4 is 104 Å². The number of esters is 2. The Balaban J connectivity index is 1.03. The lowest BCUT2D eigenvalue weighted by Gasteiger charge is -2.35. The molecule has 109 heavy (non-hydrogen) atoms. The summed E-state index contributed by atoms with van der Waals surface area (Å²) in [4.78, 5) is 31.8. The maximum atomic E-state index is 14.7. The first-order valence-corrected chi connectivity index (χ1v) is 39.1. The van der Waals surface area contributed by atoms with Gasteiger partial charge in [0.2, 0.25) is 0 Å². The van der Waals surface area contributed by atoms with Crippen LogP contribution in [0, 0.1) is 21.7 Å². The Hall–Kier alpha value is -10.4. The molecular weight excluding hydrogens is 1340 g/mol. The number of benzene rings is 14. The van der Waals surface area contributed by atoms with Gasteiger partial charge in [0.05, 0.1) is 16.8 Å². The summed E-state index contributed by atoms with van der Waals surface area (Å²) < 4.78 is 35.7. The molecule has 8 nitrogen and oxygen atoms in total. The fourth-order valence-corrected chi connectivity index (χ4v) is 19.9. The maximum absolute atomic E-state index is 14.7. The Kier molecular flexibility index (Phi) is 17.1. The monoisotopic (exact) mass is 1440 g/mol. The Morgan fingerprint density at radius 3 is 0.917 bits per heavy atom. The van der Waals surface area contributed by atoms with E-state index in [-0.39, 0.29) is 54.4 Å². The summed E-state index contributed by atoms with van der Waals surface area (Å²) in [6, 6.07) is 71.0. The van der Waals surface area contributed by atoms with E-state index in [2.05, 4.69) is 307 Å². The molecule has 0 radical (unpaired) electrons. The van der Waals surface area contributed by atoms with E-state index in [1.165, 1.54) is 33.4 Å². The van der Waals surface area contributed by atoms with Crippen LogP contribution in [0.4, 0.5) is 17.1 Å². The summed E-state index contributed by atoms with van der Waals surface area (Å²) in [7, 11) is 0. The van der Waals surface area contributed by atoms with Gasteiger partial charge in [0.1, 0.15) is 46.0 Å². The summed E-state index contributed by atoms with van der Waals surface area (Å²) >= 11 is 0. The number of carbonyl (C=O) groups excluding carboxylic acids is 2. The SMILES string of the molecule is CC(C)(C)CC(C)(C)c1ccc(Oc2ccc3c(N4c5ccccc5Cc5ccccc54)cc(Oc4ccc(C(C)(C)CC(C)(C)C)cc4)c4c5ccc6c7c(Oc8ccc(C(C)(C)CC(C)(C)C)cc8)cc8c9c(cc(Oc%10ccc(C(C)(C)CC(C)(C)C)cc%10)c(c%10ccc(c2c34)c5c%106)c97)C(=O)OC8=O)cc1. The number of rotatable bonds is 17. The van der Waals surface area contributed by atoms with E-state index < -0.39 is 11.9 Å². The highest BCUT2D eigenvalue weighted by atomic mass is 16.6. The van der Waals surface area contributed by atoms with Gasteiger partial charge in [-0.05, 0) is 220 Å². The highest BCUT2D eigenvalue weighted by Gasteiger charge is 2.38. The predicted molar refractivity (Wildman–Crippen MR) is 453 cm³/mol. The molecule has 0 saturated carbocycles. The summed E-state index contributed by atoms with van der Waals surface area (Å²) in [6.45, 7) is 46.1. The molecule has 0 amide bonds. The van der Waals surface area contributed by atoms with Crippen molar-refractivity contribution in [2.45, 2.75) is 192 Å². The molecule has 2 aliphatic heterocycles. The van der Waals surface area contributed by atoms with Crippen LogP contribution in [0.15, 0.2) is 200 Å². The Morgan fingerprint density at radius 1 is 0.284 bits per heavy atom. The first kappa shape index (κ1) is 72.7. The second-order valence-corrected chi connectivity index (χ2v) is 39.0. The van der Waals surface area contributed by atoms with Gasteiger partial charge in [-0.2, -0.15) is 0 Å². The van der Waals surface area contributed by atoms with Crippen LogP contribution in [0.5, 0.6) is 46.0 Å². The molecule has 2 aliphatic rings. The van der Waals surface area contributed by atoms with Crippen molar-refractivity contribution in [2.75, 3.05) is 4.90 Å². The van der Waals surface area contributed by atoms with Gasteiger partial charge < -0.3 is 28.6 Å². The van der Waals surface area contributed by atoms with E-state index in [4.69, 9.17) is 23.7 Å². The van der Waals surface area contributed by atoms with Gasteiger partial charge in [0.25, 0.3) is 0 Å². The highest BCUT2D eigenvalue weighted by molar-refractivity contribution is 6.46. The van der Waals surface area contributed by atoms with Crippen LogP contribution in [0.2, 0.25) is 0 Å².